The number of hydrogen-bond acceptors (Lipinski definition) is 4. The molecule has 0 spiro atoms. The molecule has 0 radical (unpaired) electrons. The fourth-order valence-electron chi connectivity index (χ4n) is 2.86. The number of aromatic nitrogens is 3. The van der Waals surface area contributed by atoms with E-state index in [4.69, 9.17) is 0 Å². The Kier molecular flexibility index (Phi) is 5.69. The molecule has 1 aliphatic rings. The highest BCUT2D eigenvalue weighted by atomic mass is 32.2. The molecule has 1 amide bonds. The lowest BCUT2D eigenvalue weighted by atomic mass is 10.1. The van der Waals surface area contributed by atoms with E-state index in [1.807, 2.05) is 24.3 Å². The van der Waals surface area contributed by atoms with Gasteiger partial charge in [0.25, 0.3) is 5.91 Å². The molecule has 1 fully saturated rings. The van der Waals surface area contributed by atoms with Crippen LogP contribution in [0.15, 0.2) is 35.7 Å². The Hall–Kier alpha value is -1.82. The van der Waals surface area contributed by atoms with Crippen LogP contribution in [0.5, 0.6) is 0 Å². The van der Waals surface area contributed by atoms with Gasteiger partial charge in [0.1, 0.15) is 6.33 Å². The molecule has 0 bridgehead atoms. The predicted molar refractivity (Wildman–Crippen MR) is 91.3 cm³/mol. The van der Waals surface area contributed by atoms with Crippen molar-refractivity contribution >= 4 is 17.7 Å². The van der Waals surface area contributed by atoms with Crippen molar-refractivity contribution in [1.82, 2.24) is 20.5 Å². The first kappa shape index (κ1) is 16.1. The van der Waals surface area contributed by atoms with Crippen LogP contribution in [0.2, 0.25) is 0 Å². The van der Waals surface area contributed by atoms with Crippen molar-refractivity contribution in [3.8, 4) is 0 Å². The van der Waals surface area contributed by atoms with Crippen molar-refractivity contribution in [1.29, 1.82) is 0 Å². The summed E-state index contributed by atoms with van der Waals surface area (Å²) in [5.74, 6) is 0.853. The van der Waals surface area contributed by atoms with Crippen molar-refractivity contribution < 1.29 is 4.79 Å². The summed E-state index contributed by atoms with van der Waals surface area (Å²) >= 11 is 1.60. The van der Waals surface area contributed by atoms with E-state index in [0.29, 0.717) is 6.04 Å². The van der Waals surface area contributed by atoms with Crippen LogP contribution in [0.1, 0.15) is 54.4 Å². The third-order valence-corrected chi connectivity index (χ3v) is 5.12. The number of carbonyl (C=O) groups excluding carboxylic acids is 1. The smallest absolute Gasteiger partial charge is 0.251 e. The van der Waals surface area contributed by atoms with Gasteiger partial charge in [-0.3, -0.25) is 9.89 Å². The van der Waals surface area contributed by atoms with E-state index in [1.54, 1.807) is 11.8 Å². The van der Waals surface area contributed by atoms with Crippen LogP contribution in [-0.4, -0.2) is 27.1 Å². The van der Waals surface area contributed by atoms with Crippen LogP contribution >= 0.6 is 11.8 Å². The second kappa shape index (κ2) is 8.15. The largest absolute Gasteiger partial charge is 0.349 e. The zero-order valence-corrected chi connectivity index (χ0v) is 13.9. The van der Waals surface area contributed by atoms with Gasteiger partial charge in [0, 0.05) is 17.4 Å². The zero-order valence-electron chi connectivity index (χ0n) is 13.1. The molecule has 0 atom stereocenters. The summed E-state index contributed by atoms with van der Waals surface area (Å²) in [6.45, 7) is 0. The number of hydrogen-bond donors (Lipinski definition) is 2. The summed E-state index contributed by atoms with van der Waals surface area (Å²) in [4.78, 5) is 16.4. The molecule has 6 heteroatoms. The molecule has 122 valence electrons. The molecular formula is C17H22N4OS. The summed E-state index contributed by atoms with van der Waals surface area (Å²) in [5, 5.41) is 10.6. The van der Waals surface area contributed by atoms with Gasteiger partial charge in [-0.1, -0.05) is 49.6 Å². The highest BCUT2D eigenvalue weighted by Gasteiger charge is 2.15. The van der Waals surface area contributed by atoms with Gasteiger partial charge in [0.2, 0.25) is 0 Å². The van der Waals surface area contributed by atoms with Crippen molar-refractivity contribution in [3.05, 3.63) is 41.7 Å². The van der Waals surface area contributed by atoms with E-state index in [-0.39, 0.29) is 5.91 Å². The lowest BCUT2D eigenvalue weighted by Crippen LogP contribution is -2.34. The number of benzene rings is 1. The van der Waals surface area contributed by atoms with Crippen LogP contribution in [0, 0.1) is 0 Å². The highest BCUT2D eigenvalue weighted by Crippen LogP contribution is 2.20. The summed E-state index contributed by atoms with van der Waals surface area (Å²) in [5.41, 5.74) is 1.90. The molecule has 1 aromatic carbocycles. The number of carbonyl (C=O) groups is 1. The number of thioether (sulfide) groups is 1. The first-order chi connectivity index (χ1) is 11.3. The van der Waals surface area contributed by atoms with E-state index in [9.17, 15) is 4.79 Å². The maximum absolute atomic E-state index is 12.3. The summed E-state index contributed by atoms with van der Waals surface area (Å²) < 4.78 is 0. The van der Waals surface area contributed by atoms with E-state index in [1.165, 1.54) is 32.0 Å². The Morgan fingerprint density at radius 2 is 1.91 bits per heavy atom. The van der Waals surface area contributed by atoms with Gasteiger partial charge >= 0.3 is 0 Å². The van der Waals surface area contributed by atoms with Crippen molar-refractivity contribution in [2.45, 2.75) is 55.5 Å². The number of nitrogens with one attached hydrogen (secondary N) is 2. The fraction of sp³-hybridized carbons (Fsp3) is 0.471. The summed E-state index contributed by atoms with van der Waals surface area (Å²) in [6, 6.07) is 8.16. The third-order valence-electron chi connectivity index (χ3n) is 4.17. The van der Waals surface area contributed by atoms with Crippen LogP contribution < -0.4 is 5.32 Å². The second-order valence-corrected chi connectivity index (χ2v) is 6.90. The van der Waals surface area contributed by atoms with Crippen molar-refractivity contribution in [2.24, 2.45) is 0 Å². The topological polar surface area (TPSA) is 70.7 Å². The van der Waals surface area contributed by atoms with Crippen LogP contribution in [0.3, 0.4) is 0 Å². The minimum absolute atomic E-state index is 0.0475. The van der Waals surface area contributed by atoms with Gasteiger partial charge in [0.15, 0.2) is 5.16 Å². The van der Waals surface area contributed by atoms with Gasteiger partial charge in [-0.15, -0.1) is 0 Å². The zero-order chi connectivity index (χ0) is 15.9. The van der Waals surface area contributed by atoms with Crippen LogP contribution in [0.25, 0.3) is 0 Å². The molecule has 1 heterocycles. The average molecular weight is 330 g/mol. The molecule has 2 N–H and O–H groups in total. The molecule has 0 saturated heterocycles. The van der Waals surface area contributed by atoms with Gasteiger partial charge < -0.3 is 5.32 Å². The highest BCUT2D eigenvalue weighted by molar-refractivity contribution is 7.98. The minimum atomic E-state index is 0.0475. The Morgan fingerprint density at radius 1 is 1.17 bits per heavy atom. The van der Waals surface area contributed by atoms with E-state index in [2.05, 4.69) is 20.5 Å². The Labute approximate surface area is 140 Å². The lowest BCUT2D eigenvalue weighted by Gasteiger charge is -2.16. The van der Waals surface area contributed by atoms with Crippen LogP contribution in [0.4, 0.5) is 0 Å². The number of rotatable bonds is 5. The summed E-state index contributed by atoms with van der Waals surface area (Å²) in [7, 11) is 0. The molecule has 1 aliphatic carbocycles. The van der Waals surface area contributed by atoms with Crippen LogP contribution in [-0.2, 0) is 5.75 Å². The van der Waals surface area contributed by atoms with Gasteiger partial charge in [-0.05, 0) is 30.5 Å². The maximum atomic E-state index is 12.3. The van der Waals surface area contributed by atoms with Gasteiger partial charge in [-0.25, -0.2) is 4.98 Å². The number of H-pyrrole nitrogens is 1. The molecule has 0 unspecified atom stereocenters. The molecule has 0 aliphatic heterocycles. The Balaban J connectivity index is 1.52. The van der Waals surface area contributed by atoms with Gasteiger partial charge in [-0.2, -0.15) is 5.10 Å². The molecule has 1 saturated carbocycles. The normalized spacial score (nSPS) is 16.0. The third kappa shape index (κ3) is 4.82. The second-order valence-electron chi connectivity index (χ2n) is 5.94. The monoisotopic (exact) mass is 330 g/mol. The van der Waals surface area contributed by atoms with E-state index < -0.39 is 0 Å². The number of amides is 1. The van der Waals surface area contributed by atoms with E-state index in [0.717, 1.165) is 34.9 Å². The first-order valence-electron chi connectivity index (χ1n) is 8.19. The minimum Gasteiger partial charge on any atom is -0.349 e. The van der Waals surface area contributed by atoms with Crippen molar-refractivity contribution in [2.75, 3.05) is 0 Å². The average Bonchev–Trinajstić information content (AvgIpc) is 2.97. The molecular weight excluding hydrogens is 308 g/mol. The molecule has 1 aromatic heterocycles. The molecule has 3 rings (SSSR count). The van der Waals surface area contributed by atoms with Crippen molar-refractivity contribution in [3.63, 3.8) is 0 Å². The standard InChI is InChI=1S/C17H22N4OS/c22-16(20-15-5-3-1-2-4-6-15)14-9-7-13(8-10-14)11-23-17-18-12-19-21-17/h7-10,12,15H,1-6,11H2,(H,20,22)(H,18,19,21). The lowest BCUT2D eigenvalue weighted by molar-refractivity contribution is 0.0933. The Morgan fingerprint density at radius 3 is 2.57 bits per heavy atom. The molecule has 23 heavy (non-hydrogen) atoms. The van der Waals surface area contributed by atoms with Gasteiger partial charge in [0.05, 0.1) is 0 Å². The molecule has 2 aromatic rings. The number of aromatic amines is 1. The SMILES string of the molecule is O=C(NC1CCCCCC1)c1ccc(CSc2ncn[nH]2)cc1. The quantitative estimate of drug-likeness (QED) is 0.650. The summed E-state index contributed by atoms with van der Waals surface area (Å²) in [6.07, 6.45) is 8.76. The predicted octanol–water partition coefficient (Wildman–Crippen LogP) is 3.55. The maximum Gasteiger partial charge on any atom is 0.251 e. The number of nitrogens with zero attached hydrogens (tertiary/aromatic N) is 2. The fourth-order valence-corrected chi connectivity index (χ4v) is 3.60. The first-order valence-corrected chi connectivity index (χ1v) is 9.18. The van der Waals surface area contributed by atoms with E-state index >= 15 is 0 Å². The molecule has 5 nitrogen and oxygen atoms in total. The Bertz CT molecular complexity index is 604.